The molecule has 2 aliphatic rings. The molecule has 144 valence electrons. The zero-order chi connectivity index (χ0) is 19.3. The van der Waals surface area contributed by atoms with Crippen LogP contribution in [0.1, 0.15) is 43.5 Å². The van der Waals surface area contributed by atoms with Crippen LogP contribution in [0.2, 0.25) is 0 Å². The molecular weight excluding hydrogens is 350 g/mol. The van der Waals surface area contributed by atoms with E-state index in [-0.39, 0.29) is 22.3 Å². The minimum atomic E-state index is -3.64. The summed E-state index contributed by atoms with van der Waals surface area (Å²) in [4.78, 5) is 13.0. The lowest BCUT2D eigenvalue weighted by Crippen LogP contribution is -2.48. The minimum absolute atomic E-state index is 0.0854. The van der Waals surface area contributed by atoms with Gasteiger partial charge in [0.2, 0.25) is 10.0 Å². The lowest BCUT2D eigenvalue weighted by atomic mass is 9.73. The number of nitrogens with one attached hydrogen (secondary N) is 2. The summed E-state index contributed by atoms with van der Waals surface area (Å²) < 4.78 is 26.3. The van der Waals surface area contributed by atoms with Crippen LogP contribution in [0.4, 0.5) is 5.69 Å². The average Bonchev–Trinajstić information content (AvgIpc) is 3.15. The van der Waals surface area contributed by atoms with E-state index in [1.807, 2.05) is 0 Å². The number of benzene rings is 1. The van der Waals surface area contributed by atoms with E-state index in [1.165, 1.54) is 33.0 Å². The van der Waals surface area contributed by atoms with Gasteiger partial charge < -0.3 is 10.6 Å². The van der Waals surface area contributed by atoms with E-state index in [0.717, 1.165) is 10.7 Å². The Labute approximate surface area is 156 Å². The third-order valence-corrected chi connectivity index (χ3v) is 8.21. The maximum Gasteiger partial charge on any atom is 0.251 e. The first-order chi connectivity index (χ1) is 12.1. The number of rotatable bonds is 5. The molecule has 1 unspecified atom stereocenters. The molecule has 3 atom stereocenters. The number of carbonyl (C=O) groups excluding carboxylic acids is 1. The summed E-state index contributed by atoms with van der Waals surface area (Å²) in [6.45, 7) is 4.46. The third-order valence-electron chi connectivity index (χ3n) is 6.36. The highest BCUT2D eigenvalue weighted by Crippen LogP contribution is 2.55. The monoisotopic (exact) mass is 379 g/mol. The molecule has 0 aliphatic heterocycles. The van der Waals surface area contributed by atoms with Gasteiger partial charge in [0.05, 0.1) is 5.69 Å². The number of hydrogen-bond donors (Lipinski definition) is 2. The smallest absolute Gasteiger partial charge is 0.251 e. The van der Waals surface area contributed by atoms with E-state index >= 15 is 0 Å². The van der Waals surface area contributed by atoms with Crippen molar-refractivity contribution in [2.45, 2.75) is 44.0 Å². The van der Waals surface area contributed by atoms with E-state index in [1.54, 1.807) is 19.2 Å². The van der Waals surface area contributed by atoms with Crippen molar-refractivity contribution in [3.8, 4) is 0 Å². The second kappa shape index (κ2) is 6.53. The van der Waals surface area contributed by atoms with Crippen molar-refractivity contribution in [3.05, 3.63) is 23.8 Å². The van der Waals surface area contributed by atoms with Crippen LogP contribution in [0.15, 0.2) is 23.1 Å². The Balaban J connectivity index is 1.89. The Hall–Kier alpha value is -1.60. The lowest BCUT2D eigenvalue weighted by molar-refractivity contribution is 0.0837. The number of sulfonamides is 1. The maximum absolute atomic E-state index is 12.9. The molecule has 2 fully saturated rings. The first kappa shape index (κ1) is 19.2. The molecule has 0 radical (unpaired) electrons. The van der Waals surface area contributed by atoms with Crippen molar-refractivity contribution in [3.63, 3.8) is 0 Å². The van der Waals surface area contributed by atoms with Crippen LogP contribution in [-0.2, 0) is 10.0 Å². The normalized spacial score (nSPS) is 26.9. The highest BCUT2D eigenvalue weighted by atomic mass is 32.2. The van der Waals surface area contributed by atoms with Gasteiger partial charge in [-0.3, -0.25) is 4.79 Å². The first-order valence-electron chi connectivity index (χ1n) is 9.14. The van der Waals surface area contributed by atoms with Crippen LogP contribution < -0.4 is 10.6 Å². The summed E-state index contributed by atoms with van der Waals surface area (Å²) in [7, 11) is 0.996. The summed E-state index contributed by atoms with van der Waals surface area (Å²) in [6.07, 6.45) is 3.58. The Morgan fingerprint density at radius 2 is 1.92 bits per heavy atom. The molecule has 2 N–H and O–H groups in total. The van der Waals surface area contributed by atoms with Crippen molar-refractivity contribution >= 4 is 21.6 Å². The molecule has 7 heteroatoms. The van der Waals surface area contributed by atoms with Crippen LogP contribution >= 0.6 is 0 Å². The minimum Gasteiger partial charge on any atom is -0.387 e. The van der Waals surface area contributed by atoms with E-state index < -0.39 is 10.0 Å². The van der Waals surface area contributed by atoms with Crippen molar-refractivity contribution in [2.75, 3.05) is 26.5 Å². The maximum atomic E-state index is 12.9. The van der Waals surface area contributed by atoms with Gasteiger partial charge in [-0.05, 0) is 54.7 Å². The fourth-order valence-electron chi connectivity index (χ4n) is 4.66. The van der Waals surface area contributed by atoms with Crippen LogP contribution in [-0.4, -0.2) is 45.8 Å². The highest BCUT2D eigenvalue weighted by molar-refractivity contribution is 7.89. The van der Waals surface area contributed by atoms with Gasteiger partial charge in [-0.15, -0.1) is 0 Å². The standard InChI is InChI=1S/C19H29N3O3S/c1-19(2)14-8-6-12(10-14)17(19)21-18(23)13-7-9-15(20-3)16(11-13)26(24,25)22(4)5/h7,9,11-12,14,17,20H,6,8,10H2,1-5H3,(H,21,23)/t12-,14+,17?/m0/s1. The fourth-order valence-corrected chi connectivity index (χ4v) is 5.78. The van der Waals surface area contributed by atoms with E-state index in [4.69, 9.17) is 0 Å². The molecule has 6 nitrogen and oxygen atoms in total. The van der Waals surface area contributed by atoms with E-state index in [2.05, 4.69) is 24.5 Å². The summed E-state index contributed by atoms with van der Waals surface area (Å²) >= 11 is 0. The summed E-state index contributed by atoms with van der Waals surface area (Å²) in [5.41, 5.74) is 0.945. The largest absolute Gasteiger partial charge is 0.387 e. The van der Waals surface area contributed by atoms with Crippen LogP contribution in [0.25, 0.3) is 0 Å². The summed E-state index contributed by atoms with van der Waals surface area (Å²) in [5, 5.41) is 6.09. The Morgan fingerprint density at radius 1 is 1.23 bits per heavy atom. The number of nitrogens with zero attached hydrogens (tertiary/aromatic N) is 1. The zero-order valence-corrected chi connectivity index (χ0v) is 17.0. The fraction of sp³-hybridized carbons (Fsp3) is 0.632. The Bertz CT molecular complexity index is 817. The number of fused-ring (bicyclic) bond motifs is 2. The van der Waals surface area contributed by atoms with Gasteiger partial charge in [0, 0.05) is 32.7 Å². The topological polar surface area (TPSA) is 78.5 Å². The molecule has 0 spiro atoms. The third kappa shape index (κ3) is 3.01. The van der Waals surface area contributed by atoms with Crippen LogP contribution in [0.5, 0.6) is 0 Å². The molecule has 1 aromatic rings. The molecule has 2 aliphatic carbocycles. The first-order valence-corrected chi connectivity index (χ1v) is 10.6. The van der Waals surface area contributed by atoms with Crippen molar-refractivity contribution < 1.29 is 13.2 Å². The van der Waals surface area contributed by atoms with Gasteiger partial charge in [0.25, 0.3) is 5.91 Å². The predicted octanol–water partition coefficient (Wildman–Crippen LogP) is 2.53. The molecule has 2 bridgehead atoms. The molecule has 2 saturated carbocycles. The van der Waals surface area contributed by atoms with E-state index in [9.17, 15) is 13.2 Å². The van der Waals surface area contributed by atoms with Gasteiger partial charge in [-0.1, -0.05) is 13.8 Å². The zero-order valence-electron chi connectivity index (χ0n) is 16.2. The Morgan fingerprint density at radius 3 is 2.46 bits per heavy atom. The quantitative estimate of drug-likeness (QED) is 0.824. The summed E-state index contributed by atoms with van der Waals surface area (Å²) in [6, 6.07) is 4.94. The van der Waals surface area contributed by atoms with Crippen molar-refractivity contribution in [1.82, 2.24) is 9.62 Å². The SMILES string of the molecule is CNc1ccc(C(=O)NC2[C@H]3CC[C@H](C3)C2(C)C)cc1S(=O)(=O)N(C)C. The molecule has 0 heterocycles. The van der Waals surface area contributed by atoms with Crippen molar-refractivity contribution in [1.29, 1.82) is 0 Å². The molecular formula is C19H29N3O3S. The van der Waals surface area contributed by atoms with Crippen LogP contribution in [0.3, 0.4) is 0 Å². The molecule has 1 amide bonds. The number of amides is 1. The average molecular weight is 380 g/mol. The molecule has 0 aromatic heterocycles. The summed E-state index contributed by atoms with van der Waals surface area (Å²) in [5.74, 6) is 0.989. The van der Waals surface area contributed by atoms with Gasteiger partial charge in [-0.2, -0.15) is 0 Å². The second-order valence-electron chi connectivity index (χ2n) is 8.29. The predicted molar refractivity (Wildman–Crippen MR) is 103 cm³/mol. The highest BCUT2D eigenvalue weighted by Gasteiger charge is 2.53. The van der Waals surface area contributed by atoms with Crippen molar-refractivity contribution in [2.24, 2.45) is 17.3 Å². The van der Waals surface area contributed by atoms with Gasteiger partial charge in [0.1, 0.15) is 4.90 Å². The van der Waals surface area contributed by atoms with Gasteiger partial charge >= 0.3 is 0 Å². The van der Waals surface area contributed by atoms with Gasteiger partial charge in [0.15, 0.2) is 0 Å². The van der Waals surface area contributed by atoms with Crippen LogP contribution in [0, 0.1) is 17.3 Å². The molecule has 3 rings (SSSR count). The molecule has 1 aromatic carbocycles. The van der Waals surface area contributed by atoms with E-state index in [0.29, 0.717) is 23.1 Å². The molecule has 26 heavy (non-hydrogen) atoms. The molecule has 0 saturated heterocycles. The number of carbonyl (C=O) groups is 1. The van der Waals surface area contributed by atoms with Gasteiger partial charge in [-0.25, -0.2) is 12.7 Å². The number of anilines is 1. The Kier molecular flexibility index (Phi) is 4.82. The lowest BCUT2D eigenvalue weighted by Gasteiger charge is -2.38. The number of hydrogen-bond acceptors (Lipinski definition) is 4. The second-order valence-corrected chi connectivity index (χ2v) is 10.4.